The van der Waals surface area contributed by atoms with Gasteiger partial charge < -0.3 is 19.7 Å². The number of benzene rings is 1. The SMILES string of the molecule is COC1(C(=O)N2CCC3(CC2)OCCc2sc(-c4ccccc4)cc23)CCNCC1.Cl. The van der Waals surface area contributed by atoms with E-state index in [0.29, 0.717) is 0 Å². The topological polar surface area (TPSA) is 50.8 Å². The lowest BCUT2D eigenvalue weighted by atomic mass is 9.81. The fourth-order valence-corrected chi connectivity index (χ4v) is 6.51. The van der Waals surface area contributed by atoms with Crippen LogP contribution in [0.2, 0.25) is 0 Å². The van der Waals surface area contributed by atoms with Crippen LogP contribution in [0.1, 0.15) is 36.1 Å². The van der Waals surface area contributed by atoms with Gasteiger partial charge in [-0.25, -0.2) is 0 Å². The summed E-state index contributed by atoms with van der Waals surface area (Å²) in [7, 11) is 1.68. The van der Waals surface area contributed by atoms with Crippen LogP contribution in [-0.4, -0.2) is 56.3 Å². The number of halogens is 1. The molecule has 3 aliphatic rings. The van der Waals surface area contributed by atoms with E-state index in [4.69, 9.17) is 9.47 Å². The Labute approximate surface area is 194 Å². The number of nitrogens with one attached hydrogen (secondary N) is 1. The van der Waals surface area contributed by atoms with Crippen LogP contribution in [0, 0.1) is 0 Å². The molecule has 0 unspecified atom stereocenters. The highest BCUT2D eigenvalue weighted by atomic mass is 35.5. The van der Waals surface area contributed by atoms with Crippen molar-refractivity contribution in [1.29, 1.82) is 0 Å². The van der Waals surface area contributed by atoms with Crippen LogP contribution < -0.4 is 5.32 Å². The fourth-order valence-electron chi connectivity index (χ4n) is 5.27. The molecule has 0 saturated carbocycles. The summed E-state index contributed by atoms with van der Waals surface area (Å²) in [6.07, 6.45) is 4.19. The lowest BCUT2D eigenvalue weighted by Crippen LogP contribution is -2.58. The average Bonchev–Trinajstić information content (AvgIpc) is 3.26. The van der Waals surface area contributed by atoms with Crippen molar-refractivity contribution in [1.82, 2.24) is 10.2 Å². The molecule has 4 heterocycles. The van der Waals surface area contributed by atoms with Crippen LogP contribution in [0.5, 0.6) is 0 Å². The number of thiophene rings is 1. The minimum absolute atomic E-state index is 0. The van der Waals surface area contributed by atoms with Gasteiger partial charge >= 0.3 is 0 Å². The molecular weight excluding hydrogens is 432 g/mol. The van der Waals surface area contributed by atoms with Crippen LogP contribution >= 0.6 is 23.7 Å². The molecule has 31 heavy (non-hydrogen) atoms. The molecule has 0 aliphatic carbocycles. The molecule has 7 heteroatoms. The minimum atomic E-state index is -0.656. The second kappa shape index (κ2) is 9.20. The van der Waals surface area contributed by atoms with E-state index in [0.717, 1.165) is 64.9 Å². The highest BCUT2D eigenvalue weighted by Gasteiger charge is 2.47. The lowest BCUT2D eigenvalue weighted by molar-refractivity contribution is -0.165. The quantitative estimate of drug-likeness (QED) is 0.749. The second-order valence-electron chi connectivity index (χ2n) is 8.65. The molecule has 1 N–H and O–H groups in total. The van der Waals surface area contributed by atoms with E-state index in [2.05, 4.69) is 41.7 Å². The fraction of sp³-hybridized carbons (Fsp3) is 0.542. The van der Waals surface area contributed by atoms with E-state index in [1.165, 1.54) is 20.9 Å². The van der Waals surface area contributed by atoms with Gasteiger partial charge in [-0.15, -0.1) is 23.7 Å². The first kappa shape index (κ1) is 22.7. The number of methoxy groups -OCH3 is 1. The number of piperidine rings is 2. The third-order valence-corrected chi connectivity index (χ3v) is 8.36. The van der Waals surface area contributed by atoms with Gasteiger partial charge in [0, 0.05) is 36.4 Å². The molecule has 3 aliphatic heterocycles. The Kier molecular flexibility index (Phi) is 6.75. The van der Waals surface area contributed by atoms with Crippen molar-refractivity contribution < 1.29 is 14.3 Å². The Balaban J connectivity index is 0.00000231. The molecule has 0 bridgehead atoms. The van der Waals surface area contributed by atoms with E-state index in [9.17, 15) is 4.79 Å². The number of hydrogen-bond donors (Lipinski definition) is 1. The predicted molar refractivity (Wildman–Crippen MR) is 126 cm³/mol. The van der Waals surface area contributed by atoms with Gasteiger partial charge in [0.2, 0.25) is 0 Å². The molecule has 2 saturated heterocycles. The largest absolute Gasteiger partial charge is 0.370 e. The van der Waals surface area contributed by atoms with Gasteiger partial charge in [-0.3, -0.25) is 4.79 Å². The Bertz CT molecular complexity index is 903. The van der Waals surface area contributed by atoms with E-state index >= 15 is 0 Å². The van der Waals surface area contributed by atoms with E-state index < -0.39 is 5.60 Å². The number of fused-ring (bicyclic) bond motifs is 2. The Morgan fingerprint density at radius 3 is 2.52 bits per heavy atom. The number of hydrogen-bond acceptors (Lipinski definition) is 5. The third kappa shape index (κ3) is 4.05. The summed E-state index contributed by atoms with van der Waals surface area (Å²) in [6.45, 7) is 3.89. The minimum Gasteiger partial charge on any atom is -0.370 e. The van der Waals surface area contributed by atoms with Gasteiger partial charge in [-0.2, -0.15) is 0 Å². The smallest absolute Gasteiger partial charge is 0.254 e. The van der Waals surface area contributed by atoms with E-state index in [1.54, 1.807) is 7.11 Å². The van der Waals surface area contributed by atoms with Crippen molar-refractivity contribution in [3.63, 3.8) is 0 Å². The second-order valence-corrected chi connectivity index (χ2v) is 9.78. The number of carbonyl (C=O) groups is 1. The molecule has 1 amide bonds. The van der Waals surface area contributed by atoms with Crippen molar-refractivity contribution >= 4 is 29.7 Å². The van der Waals surface area contributed by atoms with E-state index in [-0.39, 0.29) is 23.9 Å². The maximum atomic E-state index is 13.3. The molecule has 168 valence electrons. The molecule has 2 fully saturated rings. The summed E-state index contributed by atoms with van der Waals surface area (Å²) >= 11 is 1.90. The van der Waals surface area contributed by atoms with Crippen LogP contribution in [0.4, 0.5) is 0 Å². The number of carbonyl (C=O) groups excluding carboxylic acids is 1. The Hall–Kier alpha value is -1.44. The van der Waals surface area contributed by atoms with Gasteiger partial charge in [0.05, 0.1) is 12.2 Å². The number of likely N-dealkylation sites (tertiary alicyclic amines) is 1. The van der Waals surface area contributed by atoms with Crippen molar-refractivity contribution in [2.75, 3.05) is 39.9 Å². The van der Waals surface area contributed by atoms with Gasteiger partial charge in [-0.1, -0.05) is 30.3 Å². The van der Waals surface area contributed by atoms with Crippen LogP contribution in [-0.2, 0) is 26.3 Å². The van der Waals surface area contributed by atoms with Gasteiger partial charge in [0.25, 0.3) is 5.91 Å². The number of ether oxygens (including phenoxy) is 2. The molecule has 1 aromatic heterocycles. The van der Waals surface area contributed by atoms with Crippen LogP contribution in [0.3, 0.4) is 0 Å². The van der Waals surface area contributed by atoms with Crippen molar-refractivity contribution in [3.8, 4) is 10.4 Å². The molecule has 5 rings (SSSR count). The molecule has 5 nitrogen and oxygen atoms in total. The van der Waals surface area contributed by atoms with Gasteiger partial charge in [0.15, 0.2) is 0 Å². The average molecular weight is 463 g/mol. The third-order valence-electron chi connectivity index (χ3n) is 7.12. The maximum Gasteiger partial charge on any atom is 0.254 e. The Morgan fingerprint density at radius 1 is 1.13 bits per heavy atom. The highest BCUT2D eigenvalue weighted by molar-refractivity contribution is 7.15. The number of nitrogens with zero attached hydrogens (tertiary/aromatic N) is 1. The van der Waals surface area contributed by atoms with Gasteiger partial charge in [-0.05, 0) is 56.0 Å². The zero-order chi connectivity index (χ0) is 20.6. The first-order valence-electron chi connectivity index (χ1n) is 11.0. The van der Waals surface area contributed by atoms with Gasteiger partial charge in [0.1, 0.15) is 5.60 Å². The summed E-state index contributed by atoms with van der Waals surface area (Å²) in [6, 6.07) is 12.9. The summed E-state index contributed by atoms with van der Waals surface area (Å²) < 4.78 is 12.2. The molecule has 2 aromatic rings. The lowest BCUT2D eigenvalue weighted by Gasteiger charge is -2.46. The first-order chi connectivity index (χ1) is 14.7. The number of amides is 1. The molecule has 0 radical (unpaired) electrons. The Morgan fingerprint density at radius 2 is 1.84 bits per heavy atom. The summed E-state index contributed by atoms with van der Waals surface area (Å²) in [5.41, 5.74) is 1.72. The summed E-state index contributed by atoms with van der Waals surface area (Å²) in [5, 5.41) is 3.34. The zero-order valence-electron chi connectivity index (χ0n) is 18.0. The molecule has 1 spiro atoms. The monoisotopic (exact) mass is 462 g/mol. The normalized spacial score (nSPS) is 21.9. The summed E-state index contributed by atoms with van der Waals surface area (Å²) in [5.74, 6) is 0.160. The van der Waals surface area contributed by atoms with Crippen LogP contribution in [0.15, 0.2) is 36.4 Å². The molecule has 0 atom stereocenters. The van der Waals surface area contributed by atoms with E-state index in [1.807, 2.05) is 16.2 Å². The van der Waals surface area contributed by atoms with Crippen molar-refractivity contribution in [2.24, 2.45) is 0 Å². The van der Waals surface area contributed by atoms with Crippen molar-refractivity contribution in [2.45, 2.75) is 43.3 Å². The molecular formula is C24H31ClN2O3S. The standard InChI is InChI=1S/C24H30N2O3S.ClH/c1-28-24(8-12-25-13-9-24)22(27)26-14-10-23(11-15-26)19-17-21(18-5-3-2-4-6-18)30-20(19)7-16-29-23;/h2-6,17,25H,7-16H2,1H3;1H. The number of rotatable bonds is 3. The summed E-state index contributed by atoms with van der Waals surface area (Å²) in [4.78, 5) is 18.1. The highest BCUT2D eigenvalue weighted by Crippen LogP contribution is 2.47. The van der Waals surface area contributed by atoms with Crippen LogP contribution in [0.25, 0.3) is 10.4 Å². The zero-order valence-corrected chi connectivity index (χ0v) is 19.7. The maximum absolute atomic E-state index is 13.3. The van der Waals surface area contributed by atoms with Crippen molar-refractivity contribution in [3.05, 3.63) is 46.8 Å². The predicted octanol–water partition coefficient (Wildman–Crippen LogP) is 4.00. The first-order valence-corrected chi connectivity index (χ1v) is 11.9. The molecule has 1 aromatic carbocycles.